The molecule has 1 heterocycles. The molecule has 174 valence electrons. The van der Waals surface area contributed by atoms with Gasteiger partial charge in [-0.25, -0.2) is 4.98 Å². The molecule has 34 heavy (non-hydrogen) atoms. The van der Waals surface area contributed by atoms with Crippen LogP contribution >= 0.6 is 22.9 Å². The Kier molecular flexibility index (Phi) is 8.68. The smallest absolute Gasteiger partial charge is 0.226 e. The molecule has 5 nitrogen and oxygen atoms in total. The third-order valence-electron chi connectivity index (χ3n) is 5.08. The number of thiazole rings is 1. The van der Waals surface area contributed by atoms with Gasteiger partial charge in [0.25, 0.3) is 0 Å². The van der Waals surface area contributed by atoms with Crippen LogP contribution in [-0.2, 0) is 42.3 Å². The van der Waals surface area contributed by atoms with Crippen LogP contribution in [0.25, 0.3) is 0 Å². The molecule has 0 spiro atoms. The molecule has 0 saturated carbocycles. The summed E-state index contributed by atoms with van der Waals surface area (Å²) in [6, 6.07) is 25.2. The van der Waals surface area contributed by atoms with E-state index in [0.29, 0.717) is 31.4 Å². The molecular formula is C27H25ClN2O3S. The second-order valence-electron chi connectivity index (χ2n) is 7.68. The van der Waals surface area contributed by atoms with E-state index in [0.717, 1.165) is 33.1 Å². The highest BCUT2D eigenvalue weighted by atomic mass is 35.5. The number of nitrogens with one attached hydrogen (secondary N) is 1. The standard InChI is InChI=1S/C27H25ClN2O3S/c28-23-10-12-25(13-11-23)33-18-27-30-24(19-34-27)14-26(31)29-15-21-8-4-5-9-22(21)17-32-16-20-6-2-1-3-7-20/h1-13,19H,14-18H2,(H,29,31). The van der Waals surface area contributed by atoms with E-state index in [9.17, 15) is 4.79 Å². The fraction of sp³-hybridized carbons (Fsp3) is 0.185. The normalized spacial score (nSPS) is 10.7. The molecule has 0 fully saturated rings. The zero-order valence-corrected chi connectivity index (χ0v) is 20.1. The number of benzene rings is 3. The Morgan fingerprint density at radius 3 is 2.41 bits per heavy atom. The lowest BCUT2D eigenvalue weighted by atomic mass is 10.1. The molecular weight excluding hydrogens is 468 g/mol. The number of carbonyl (C=O) groups is 1. The zero-order valence-electron chi connectivity index (χ0n) is 18.6. The number of nitrogens with zero attached hydrogens (tertiary/aromatic N) is 1. The van der Waals surface area contributed by atoms with Crippen LogP contribution in [0.15, 0.2) is 84.2 Å². The predicted octanol–water partition coefficient (Wildman–Crippen LogP) is 5.95. The molecule has 0 bridgehead atoms. The molecule has 1 aromatic heterocycles. The summed E-state index contributed by atoms with van der Waals surface area (Å²) in [7, 11) is 0. The van der Waals surface area contributed by atoms with E-state index >= 15 is 0 Å². The number of hydrogen-bond donors (Lipinski definition) is 1. The first-order valence-electron chi connectivity index (χ1n) is 10.9. The van der Waals surface area contributed by atoms with Crippen molar-refractivity contribution in [3.63, 3.8) is 0 Å². The minimum absolute atomic E-state index is 0.0736. The maximum atomic E-state index is 12.5. The Bertz CT molecular complexity index is 1200. The van der Waals surface area contributed by atoms with Crippen LogP contribution in [-0.4, -0.2) is 10.9 Å². The molecule has 0 aliphatic heterocycles. The van der Waals surface area contributed by atoms with E-state index in [1.54, 1.807) is 12.1 Å². The highest BCUT2D eigenvalue weighted by molar-refractivity contribution is 7.09. The van der Waals surface area contributed by atoms with Crippen molar-refractivity contribution in [3.8, 4) is 5.75 Å². The van der Waals surface area contributed by atoms with Crippen molar-refractivity contribution in [2.24, 2.45) is 0 Å². The summed E-state index contributed by atoms with van der Waals surface area (Å²) in [6.45, 7) is 1.84. The molecule has 1 amide bonds. The molecule has 0 radical (unpaired) electrons. The predicted molar refractivity (Wildman–Crippen MR) is 135 cm³/mol. The highest BCUT2D eigenvalue weighted by Gasteiger charge is 2.10. The third kappa shape index (κ3) is 7.42. The van der Waals surface area contributed by atoms with Gasteiger partial charge < -0.3 is 14.8 Å². The second-order valence-corrected chi connectivity index (χ2v) is 9.05. The SMILES string of the molecule is O=C(Cc1csc(COc2ccc(Cl)cc2)n1)NCc1ccccc1COCc1ccccc1. The van der Waals surface area contributed by atoms with Gasteiger partial charge >= 0.3 is 0 Å². The summed E-state index contributed by atoms with van der Waals surface area (Å²) in [5, 5.41) is 6.37. The van der Waals surface area contributed by atoms with Crippen LogP contribution in [0.1, 0.15) is 27.4 Å². The number of rotatable bonds is 11. The Morgan fingerprint density at radius 1 is 0.882 bits per heavy atom. The number of aromatic nitrogens is 1. The first kappa shape index (κ1) is 24.0. The molecule has 3 aromatic carbocycles. The molecule has 4 rings (SSSR count). The highest BCUT2D eigenvalue weighted by Crippen LogP contribution is 2.18. The lowest BCUT2D eigenvalue weighted by molar-refractivity contribution is -0.120. The molecule has 4 aromatic rings. The summed E-state index contributed by atoms with van der Waals surface area (Å²) in [5.74, 6) is 0.654. The van der Waals surface area contributed by atoms with Gasteiger partial charge in [-0.3, -0.25) is 4.79 Å². The van der Waals surface area contributed by atoms with E-state index in [1.807, 2.05) is 72.1 Å². The lowest BCUT2D eigenvalue weighted by Crippen LogP contribution is -2.25. The number of carbonyl (C=O) groups excluding carboxylic acids is 1. The molecule has 0 atom stereocenters. The van der Waals surface area contributed by atoms with Crippen molar-refractivity contribution in [1.82, 2.24) is 10.3 Å². The lowest BCUT2D eigenvalue weighted by Gasteiger charge is -2.11. The van der Waals surface area contributed by atoms with E-state index in [4.69, 9.17) is 21.1 Å². The van der Waals surface area contributed by atoms with Crippen LogP contribution in [0, 0.1) is 0 Å². The Balaban J connectivity index is 1.23. The van der Waals surface area contributed by atoms with Crippen LogP contribution in [0.3, 0.4) is 0 Å². The second kappa shape index (κ2) is 12.3. The maximum absolute atomic E-state index is 12.5. The van der Waals surface area contributed by atoms with Crippen LogP contribution in [0.5, 0.6) is 5.75 Å². The number of ether oxygens (including phenoxy) is 2. The fourth-order valence-electron chi connectivity index (χ4n) is 3.32. The number of amides is 1. The van der Waals surface area contributed by atoms with Crippen LogP contribution < -0.4 is 10.1 Å². The van der Waals surface area contributed by atoms with Crippen LogP contribution in [0.2, 0.25) is 5.02 Å². The molecule has 0 aliphatic rings. The van der Waals surface area contributed by atoms with E-state index in [-0.39, 0.29) is 12.3 Å². The Labute approximate surface area is 208 Å². The van der Waals surface area contributed by atoms with Crippen molar-refractivity contribution in [1.29, 1.82) is 0 Å². The van der Waals surface area contributed by atoms with Gasteiger partial charge in [0.1, 0.15) is 17.4 Å². The quantitative estimate of drug-likeness (QED) is 0.281. The van der Waals surface area contributed by atoms with Gasteiger partial charge in [-0.1, -0.05) is 66.2 Å². The van der Waals surface area contributed by atoms with E-state index < -0.39 is 0 Å². The van der Waals surface area contributed by atoms with Crippen molar-refractivity contribution in [3.05, 3.63) is 117 Å². The summed E-state index contributed by atoms with van der Waals surface area (Å²) in [4.78, 5) is 17.0. The summed E-state index contributed by atoms with van der Waals surface area (Å²) in [5.41, 5.74) is 3.97. The largest absolute Gasteiger partial charge is 0.486 e. The van der Waals surface area contributed by atoms with Gasteiger partial charge in [0.15, 0.2) is 0 Å². The van der Waals surface area contributed by atoms with Gasteiger partial charge in [0.05, 0.1) is 25.3 Å². The van der Waals surface area contributed by atoms with Gasteiger partial charge in [-0.05, 0) is 41.0 Å². The van der Waals surface area contributed by atoms with Crippen molar-refractivity contribution < 1.29 is 14.3 Å². The average Bonchev–Trinajstić information content (AvgIpc) is 3.31. The molecule has 0 aliphatic carbocycles. The number of hydrogen-bond acceptors (Lipinski definition) is 5. The summed E-state index contributed by atoms with van der Waals surface area (Å²) >= 11 is 7.37. The molecule has 0 unspecified atom stereocenters. The van der Waals surface area contributed by atoms with E-state index in [2.05, 4.69) is 10.3 Å². The van der Waals surface area contributed by atoms with Gasteiger partial charge in [0.2, 0.25) is 5.91 Å². The van der Waals surface area contributed by atoms with Crippen molar-refractivity contribution >= 4 is 28.8 Å². The third-order valence-corrected chi connectivity index (χ3v) is 6.20. The molecule has 1 N–H and O–H groups in total. The monoisotopic (exact) mass is 492 g/mol. The fourth-order valence-corrected chi connectivity index (χ4v) is 4.15. The minimum atomic E-state index is -0.0736. The van der Waals surface area contributed by atoms with E-state index in [1.165, 1.54) is 11.3 Å². The minimum Gasteiger partial charge on any atom is -0.486 e. The van der Waals surface area contributed by atoms with Crippen molar-refractivity contribution in [2.45, 2.75) is 32.8 Å². The first-order valence-corrected chi connectivity index (χ1v) is 12.2. The van der Waals surface area contributed by atoms with Gasteiger partial charge in [-0.2, -0.15) is 0 Å². The Hall–Kier alpha value is -3.19. The van der Waals surface area contributed by atoms with Crippen molar-refractivity contribution in [2.75, 3.05) is 0 Å². The average molecular weight is 493 g/mol. The number of halogens is 1. The summed E-state index contributed by atoms with van der Waals surface area (Å²) in [6.07, 6.45) is 0.226. The zero-order chi connectivity index (χ0) is 23.6. The first-order chi connectivity index (χ1) is 16.7. The van der Waals surface area contributed by atoms with Gasteiger partial charge in [0, 0.05) is 16.9 Å². The molecule has 0 saturated heterocycles. The topological polar surface area (TPSA) is 60.5 Å². The summed E-state index contributed by atoms with van der Waals surface area (Å²) < 4.78 is 11.6. The molecule has 7 heteroatoms. The Morgan fingerprint density at radius 2 is 1.62 bits per heavy atom. The van der Waals surface area contributed by atoms with Crippen LogP contribution in [0.4, 0.5) is 0 Å². The maximum Gasteiger partial charge on any atom is 0.226 e. The van der Waals surface area contributed by atoms with Gasteiger partial charge in [-0.15, -0.1) is 11.3 Å².